The van der Waals surface area contributed by atoms with Crippen LogP contribution in [0.25, 0.3) is 16.7 Å². The molecule has 7 nitrogen and oxygen atoms in total. The van der Waals surface area contributed by atoms with Crippen LogP contribution in [0.1, 0.15) is 36.1 Å². The molecule has 0 spiro atoms. The van der Waals surface area contributed by atoms with E-state index in [1.807, 2.05) is 56.5 Å². The summed E-state index contributed by atoms with van der Waals surface area (Å²) in [5.74, 6) is 0.603. The van der Waals surface area contributed by atoms with Gasteiger partial charge in [0.2, 0.25) is 0 Å². The zero-order chi connectivity index (χ0) is 23.8. The molecule has 172 valence electrons. The van der Waals surface area contributed by atoms with Crippen LogP contribution in [0.4, 0.5) is 0 Å². The van der Waals surface area contributed by atoms with Gasteiger partial charge in [0.15, 0.2) is 9.84 Å². The van der Waals surface area contributed by atoms with Gasteiger partial charge in [-0.05, 0) is 47.4 Å². The number of aryl methyl sites for hydroxylation is 1. The van der Waals surface area contributed by atoms with Gasteiger partial charge < -0.3 is 14.4 Å². The number of fused-ring (bicyclic) bond motifs is 1. The van der Waals surface area contributed by atoms with Crippen LogP contribution in [-0.2, 0) is 21.7 Å². The first-order valence-electron chi connectivity index (χ1n) is 10.7. The second kappa shape index (κ2) is 8.86. The Bertz CT molecular complexity index is 1340. The molecule has 2 aromatic carbocycles. The summed E-state index contributed by atoms with van der Waals surface area (Å²) < 4.78 is 32.4. The number of carbonyl (C=O) groups excluding carboxylic acids is 1. The van der Waals surface area contributed by atoms with E-state index >= 15 is 0 Å². The number of carbonyl (C=O) groups is 1. The quantitative estimate of drug-likeness (QED) is 0.493. The average Bonchev–Trinajstić information content (AvgIpc) is 3.22. The van der Waals surface area contributed by atoms with Crippen molar-refractivity contribution < 1.29 is 17.9 Å². The van der Waals surface area contributed by atoms with E-state index in [1.54, 1.807) is 29.1 Å². The molecule has 3 aromatic rings. The van der Waals surface area contributed by atoms with E-state index in [4.69, 9.17) is 4.74 Å². The van der Waals surface area contributed by atoms with Crippen LogP contribution in [0.15, 0.2) is 59.9 Å². The topological polar surface area (TPSA) is 81.5 Å². The van der Waals surface area contributed by atoms with Gasteiger partial charge in [-0.3, -0.25) is 4.68 Å². The molecular weight excluding hydrogens is 438 g/mol. The van der Waals surface area contributed by atoms with Gasteiger partial charge in [0.1, 0.15) is 18.1 Å². The van der Waals surface area contributed by atoms with Crippen LogP contribution in [0.3, 0.4) is 0 Å². The largest absolute Gasteiger partial charge is 0.493 e. The fourth-order valence-corrected chi connectivity index (χ4v) is 4.69. The second-order valence-corrected chi connectivity index (χ2v) is 10.3. The highest BCUT2D eigenvalue weighted by atomic mass is 32.2. The van der Waals surface area contributed by atoms with Gasteiger partial charge in [-0.1, -0.05) is 19.1 Å². The fourth-order valence-electron chi connectivity index (χ4n) is 4.04. The summed E-state index contributed by atoms with van der Waals surface area (Å²) in [5.41, 5.74) is 5.09. The molecule has 0 fully saturated rings. The van der Waals surface area contributed by atoms with Gasteiger partial charge >= 0.3 is 0 Å². The zero-order valence-corrected chi connectivity index (χ0v) is 20.0. The maximum absolute atomic E-state index is 12.3. The molecule has 4 rings (SSSR count). The summed E-state index contributed by atoms with van der Waals surface area (Å²) >= 11 is 0. The average molecular weight is 466 g/mol. The van der Waals surface area contributed by atoms with Crippen molar-refractivity contribution in [2.45, 2.75) is 24.3 Å². The smallest absolute Gasteiger partial charge is 0.175 e. The molecule has 0 N–H and O–H groups in total. The van der Waals surface area contributed by atoms with Crippen LogP contribution < -0.4 is 4.74 Å². The zero-order valence-electron chi connectivity index (χ0n) is 19.1. The molecule has 0 saturated carbocycles. The Balaban J connectivity index is 1.95. The minimum absolute atomic E-state index is 0.215. The number of rotatable bonds is 7. The predicted octanol–water partition coefficient (Wildman–Crippen LogP) is 3.85. The second-order valence-electron chi connectivity index (χ2n) is 8.27. The lowest BCUT2D eigenvalue weighted by Gasteiger charge is -2.32. The Labute approximate surface area is 194 Å². The molecule has 1 aliphatic rings. The summed E-state index contributed by atoms with van der Waals surface area (Å²) in [5, 5.41) is 4.26. The van der Waals surface area contributed by atoms with Gasteiger partial charge in [-0.25, -0.2) is 8.42 Å². The normalized spacial score (nSPS) is 15.7. The van der Waals surface area contributed by atoms with E-state index in [0.717, 1.165) is 40.5 Å². The van der Waals surface area contributed by atoms with Crippen molar-refractivity contribution >= 4 is 21.7 Å². The molecule has 0 amide bonds. The number of hydrogen-bond donors (Lipinski definition) is 0. The number of aldehydes is 1. The predicted molar refractivity (Wildman–Crippen MR) is 128 cm³/mol. The third kappa shape index (κ3) is 4.43. The summed E-state index contributed by atoms with van der Waals surface area (Å²) in [4.78, 5) is 14.0. The maximum atomic E-state index is 12.3. The Hall–Kier alpha value is -3.39. The highest BCUT2D eigenvalue weighted by molar-refractivity contribution is 7.90. The molecule has 1 unspecified atom stereocenters. The first kappa shape index (κ1) is 22.8. The molecular formula is C25H27N3O4S. The van der Waals surface area contributed by atoms with E-state index in [1.165, 1.54) is 6.26 Å². The van der Waals surface area contributed by atoms with Crippen molar-refractivity contribution in [1.82, 2.24) is 14.7 Å². The van der Waals surface area contributed by atoms with Crippen molar-refractivity contribution in [2.24, 2.45) is 7.05 Å². The summed E-state index contributed by atoms with van der Waals surface area (Å²) in [6.07, 6.45) is 8.53. The van der Waals surface area contributed by atoms with Gasteiger partial charge in [0.25, 0.3) is 0 Å². The Morgan fingerprint density at radius 3 is 2.52 bits per heavy atom. The SMILES string of the molecule is CCCOc1ccc(S(C)(=O)=O)cc1C1=CN(C)C(C=O)c2ccc(-c3cnn(C)c3)cc21. The molecule has 0 bridgehead atoms. The standard InChI is InChI=1S/C25H27N3O4S/c1-5-10-32-25-9-7-19(33(4,30)31)12-22(25)23-15-27(2)24(16-29)20-8-6-17(11-21(20)23)18-13-26-28(3)14-18/h6-9,11-16,24H,5,10H2,1-4H3. The molecule has 0 saturated heterocycles. The molecule has 0 aliphatic carbocycles. The minimum Gasteiger partial charge on any atom is -0.493 e. The third-order valence-corrected chi connectivity index (χ3v) is 6.84. The number of sulfone groups is 1. The van der Waals surface area contributed by atoms with Gasteiger partial charge in [0.05, 0.1) is 17.7 Å². The molecule has 2 heterocycles. The highest BCUT2D eigenvalue weighted by Crippen LogP contribution is 2.42. The third-order valence-electron chi connectivity index (χ3n) is 5.73. The molecule has 8 heteroatoms. The van der Waals surface area contributed by atoms with E-state index in [-0.39, 0.29) is 4.90 Å². The van der Waals surface area contributed by atoms with Crippen LogP contribution in [0.5, 0.6) is 5.75 Å². The molecule has 1 atom stereocenters. The van der Waals surface area contributed by atoms with E-state index in [0.29, 0.717) is 17.9 Å². The molecule has 1 aliphatic heterocycles. The van der Waals surface area contributed by atoms with E-state index in [9.17, 15) is 13.2 Å². The molecule has 0 radical (unpaired) electrons. The lowest BCUT2D eigenvalue weighted by Crippen LogP contribution is -2.26. The number of likely N-dealkylation sites (N-methyl/N-ethyl adjacent to an activating group) is 1. The monoisotopic (exact) mass is 465 g/mol. The van der Waals surface area contributed by atoms with Crippen molar-refractivity contribution in [3.63, 3.8) is 0 Å². The van der Waals surface area contributed by atoms with Crippen LogP contribution in [0, 0.1) is 0 Å². The van der Waals surface area contributed by atoms with E-state index in [2.05, 4.69) is 5.10 Å². The maximum Gasteiger partial charge on any atom is 0.175 e. The van der Waals surface area contributed by atoms with Crippen LogP contribution in [-0.4, -0.2) is 49.3 Å². The van der Waals surface area contributed by atoms with Gasteiger partial charge in [-0.15, -0.1) is 0 Å². The lowest BCUT2D eigenvalue weighted by atomic mass is 9.86. The van der Waals surface area contributed by atoms with Crippen molar-refractivity contribution in [1.29, 1.82) is 0 Å². The number of aromatic nitrogens is 2. The summed E-state index contributed by atoms with van der Waals surface area (Å²) in [6.45, 7) is 2.52. The number of nitrogens with zero attached hydrogens (tertiary/aromatic N) is 3. The molecule has 33 heavy (non-hydrogen) atoms. The minimum atomic E-state index is -3.42. The first-order chi connectivity index (χ1) is 15.7. The lowest BCUT2D eigenvalue weighted by molar-refractivity contribution is -0.111. The highest BCUT2D eigenvalue weighted by Gasteiger charge is 2.28. The van der Waals surface area contributed by atoms with Crippen molar-refractivity contribution in [3.05, 3.63) is 71.7 Å². The van der Waals surface area contributed by atoms with Crippen molar-refractivity contribution in [3.8, 4) is 16.9 Å². The number of ether oxygens (including phenoxy) is 1. The van der Waals surface area contributed by atoms with E-state index < -0.39 is 15.9 Å². The van der Waals surface area contributed by atoms with Crippen LogP contribution >= 0.6 is 0 Å². The molecule has 1 aromatic heterocycles. The van der Waals surface area contributed by atoms with Gasteiger partial charge in [0, 0.05) is 49.4 Å². The first-order valence-corrected chi connectivity index (χ1v) is 12.6. The fraction of sp³-hybridized carbons (Fsp3) is 0.280. The number of benzene rings is 2. The summed E-state index contributed by atoms with van der Waals surface area (Å²) in [7, 11) is 0.278. The Morgan fingerprint density at radius 1 is 1.09 bits per heavy atom. The Morgan fingerprint density at radius 2 is 1.88 bits per heavy atom. The van der Waals surface area contributed by atoms with Crippen LogP contribution in [0.2, 0.25) is 0 Å². The Kier molecular flexibility index (Phi) is 6.12. The van der Waals surface area contributed by atoms with Gasteiger partial charge in [-0.2, -0.15) is 5.10 Å². The summed E-state index contributed by atoms with van der Waals surface area (Å²) in [6, 6.07) is 10.4. The van der Waals surface area contributed by atoms with Crippen molar-refractivity contribution in [2.75, 3.05) is 19.9 Å². The number of hydrogen-bond acceptors (Lipinski definition) is 6.